The van der Waals surface area contributed by atoms with Gasteiger partial charge >= 0.3 is 21.0 Å². The monoisotopic (exact) mass is 670 g/mol. The normalized spacial score (nSPS) is 12.5. The Morgan fingerprint density at radius 2 is 1.04 bits per heavy atom. The standard InChI is InChI=1S/C36H70N2O7Si/c1-6-11-13-15-17-22-29-37-35(39)41-31-24-19-20-26-34(28-33-46(43-8-3,44-9-4)45-10-5)27-21-25-32-42-36(40)38-30-23-18-16-14-12-7-2/h19,21,24-25,34H,6-18,20,22-23,26-33H2,1-5H3,(H,37,39)(H,38,40). The summed E-state index contributed by atoms with van der Waals surface area (Å²) < 4.78 is 28.8. The van der Waals surface area contributed by atoms with Crippen molar-refractivity contribution in [2.24, 2.45) is 5.92 Å². The van der Waals surface area contributed by atoms with Crippen molar-refractivity contribution in [1.29, 1.82) is 0 Å². The summed E-state index contributed by atoms with van der Waals surface area (Å²) in [4.78, 5) is 23.9. The van der Waals surface area contributed by atoms with Crippen LogP contribution in [0.3, 0.4) is 0 Å². The Kier molecular flexibility index (Phi) is 31.7. The first-order valence-corrected chi connectivity index (χ1v) is 20.4. The molecule has 270 valence electrons. The molecule has 10 heteroatoms. The lowest BCUT2D eigenvalue weighted by Crippen LogP contribution is -2.46. The number of carbonyl (C=O) groups is 2. The molecular formula is C36H70N2O7Si. The van der Waals surface area contributed by atoms with E-state index in [1.165, 1.54) is 51.4 Å². The molecule has 0 aromatic carbocycles. The minimum atomic E-state index is -2.73. The van der Waals surface area contributed by atoms with E-state index in [4.69, 9.17) is 22.8 Å². The fraction of sp³-hybridized carbons (Fsp3) is 0.833. The van der Waals surface area contributed by atoms with Crippen molar-refractivity contribution in [3.8, 4) is 0 Å². The van der Waals surface area contributed by atoms with Crippen LogP contribution < -0.4 is 10.6 Å². The lowest BCUT2D eigenvalue weighted by atomic mass is 9.96. The summed E-state index contributed by atoms with van der Waals surface area (Å²) in [6.07, 6.45) is 25.1. The van der Waals surface area contributed by atoms with E-state index < -0.39 is 8.80 Å². The topological polar surface area (TPSA) is 104 Å². The number of alkyl carbamates (subject to hydrolysis) is 2. The summed E-state index contributed by atoms with van der Waals surface area (Å²) in [6, 6.07) is 0.754. The molecule has 0 heterocycles. The molecule has 2 N–H and O–H groups in total. The molecule has 0 aliphatic carbocycles. The van der Waals surface area contributed by atoms with Crippen molar-refractivity contribution in [1.82, 2.24) is 10.6 Å². The van der Waals surface area contributed by atoms with Crippen LogP contribution in [-0.4, -0.2) is 67.1 Å². The van der Waals surface area contributed by atoms with Crippen molar-refractivity contribution in [3.05, 3.63) is 24.3 Å². The molecule has 1 atom stereocenters. The van der Waals surface area contributed by atoms with Crippen LogP contribution in [0.1, 0.15) is 137 Å². The lowest BCUT2D eigenvalue weighted by Gasteiger charge is -2.29. The van der Waals surface area contributed by atoms with Gasteiger partial charge in [0.05, 0.1) is 0 Å². The fourth-order valence-corrected chi connectivity index (χ4v) is 7.94. The van der Waals surface area contributed by atoms with Gasteiger partial charge in [0.25, 0.3) is 0 Å². The largest absolute Gasteiger partial charge is 0.500 e. The van der Waals surface area contributed by atoms with E-state index >= 15 is 0 Å². The number of carbonyl (C=O) groups excluding carboxylic acids is 2. The molecule has 0 aromatic heterocycles. The number of nitrogens with one attached hydrogen (secondary N) is 2. The third-order valence-corrected chi connectivity index (χ3v) is 10.8. The van der Waals surface area contributed by atoms with Gasteiger partial charge in [-0.25, -0.2) is 9.59 Å². The predicted octanol–water partition coefficient (Wildman–Crippen LogP) is 9.50. The maximum atomic E-state index is 12.0. The van der Waals surface area contributed by atoms with Crippen molar-refractivity contribution in [2.45, 2.75) is 143 Å². The van der Waals surface area contributed by atoms with Crippen molar-refractivity contribution in [2.75, 3.05) is 46.1 Å². The quantitative estimate of drug-likeness (QED) is 0.0417. The Labute approximate surface area is 283 Å². The van der Waals surface area contributed by atoms with E-state index in [1.54, 1.807) is 0 Å². The van der Waals surface area contributed by atoms with E-state index in [1.807, 2.05) is 32.9 Å². The summed E-state index contributed by atoms with van der Waals surface area (Å²) >= 11 is 0. The smallest absolute Gasteiger partial charge is 0.445 e. The van der Waals surface area contributed by atoms with Crippen LogP contribution >= 0.6 is 0 Å². The molecule has 0 aliphatic heterocycles. The van der Waals surface area contributed by atoms with Gasteiger partial charge in [-0.2, -0.15) is 0 Å². The molecule has 0 bridgehead atoms. The highest BCUT2D eigenvalue weighted by Gasteiger charge is 2.40. The molecule has 0 rings (SSSR count). The van der Waals surface area contributed by atoms with Gasteiger partial charge in [0.1, 0.15) is 13.2 Å². The molecule has 0 aromatic rings. The van der Waals surface area contributed by atoms with Crippen LogP contribution in [0.15, 0.2) is 24.3 Å². The number of allylic oxidation sites excluding steroid dienone is 2. The van der Waals surface area contributed by atoms with Crippen LogP contribution in [0, 0.1) is 5.92 Å². The van der Waals surface area contributed by atoms with E-state index in [-0.39, 0.29) is 25.4 Å². The number of rotatable bonds is 32. The van der Waals surface area contributed by atoms with Crippen LogP contribution in [0.5, 0.6) is 0 Å². The summed E-state index contributed by atoms with van der Waals surface area (Å²) in [5.74, 6) is 0.372. The van der Waals surface area contributed by atoms with Crippen molar-refractivity contribution in [3.63, 3.8) is 0 Å². The van der Waals surface area contributed by atoms with Gasteiger partial charge in [-0.15, -0.1) is 0 Å². The maximum Gasteiger partial charge on any atom is 0.500 e. The SMILES string of the molecule is CCCCCCCCNC(=O)OCC=CCCC(CC=CCOC(=O)NCCCCCCCC)CC[Si](OCC)(OCC)OCC. The zero-order chi connectivity index (χ0) is 34.0. The van der Waals surface area contributed by atoms with Gasteiger partial charge in [-0.05, 0) is 65.2 Å². The first-order valence-electron chi connectivity index (χ1n) is 18.5. The minimum Gasteiger partial charge on any atom is -0.445 e. The summed E-state index contributed by atoms with van der Waals surface area (Å²) in [6.45, 7) is 13.9. The Morgan fingerprint density at radius 1 is 0.587 bits per heavy atom. The van der Waals surface area contributed by atoms with Crippen molar-refractivity contribution >= 4 is 21.0 Å². The highest BCUT2D eigenvalue weighted by molar-refractivity contribution is 6.60. The van der Waals surface area contributed by atoms with Gasteiger partial charge in [0.15, 0.2) is 0 Å². The zero-order valence-electron chi connectivity index (χ0n) is 30.2. The first kappa shape index (κ1) is 44.1. The minimum absolute atomic E-state index is 0.253. The van der Waals surface area contributed by atoms with Gasteiger partial charge < -0.3 is 33.4 Å². The molecule has 1 unspecified atom stereocenters. The van der Waals surface area contributed by atoms with Crippen LogP contribution in [0.4, 0.5) is 9.59 Å². The second-order valence-corrected chi connectivity index (χ2v) is 14.5. The number of hydrogen-bond donors (Lipinski definition) is 2. The molecule has 9 nitrogen and oxygen atoms in total. The second kappa shape index (κ2) is 33.0. The molecule has 2 amide bonds. The number of hydrogen-bond acceptors (Lipinski definition) is 7. The van der Waals surface area contributed by atoms with Gasteiger partial charge in [0, 0.05) is 39.0 Å². The number of amides is 2. The van der Waals surface area contributed by atoms with Crippen LogP contribution in [0.25, 0.3) is 0 Å². The predicted molar refractivity (Wildman–Crippen MR) is 191 cm³/mol. The molecular weight excluding hydrogens is 600 g/mol. The molecule has 0 saturated heterocycles. The number of unbranched alkanes of at least 4 members (excludes halogenated alkanes) is 10. The third kappa shape index (κ3) is 27.3. The van der Waals surface area contributed by atoms with E-state index in [0.29, 0.717) is 38.8 Å². The molecule has 0 spiro atoms. The van der Waals surface area contributed by atoms with Crippen molar-refractivity contribution < 1.29 is 32.3 Å². The Bertz CT molecular complexity index is 750. The highest BCUT2D eigenvalue weighted by atomic mass is 28.4. The molecule has 0 saturated carbocycles. The average Bonchev–Trinajstić information content (AvgIpc) is 3.04. The Balaban J connectivity index is 4.66. The molecule has 0 fully saturated rings. The third-order valence-electron chi connectivity index (χ3n) is 7.72. The van der Waals surface area contributed by atoms with Gasteiger partial charge in [-0.1, -0.05) is 102 Å². The summed E-state index contributed by atoms with van der Waals surface area (Å²) in [5, 5.41) is 5.68. The first-order chi connectivity index (χ1) is 22.5. The maximum absolute atomic E-state index is 12.0. The molecule has 0 aliphatic rings. The summed E-state index contributed by atoms with van der Waals surface area (Å²) in [5.41, 5.74) is 0. The van der Waals surface area contributed by atoms with E-state index in [0.717, 1.165) is 57.4 Å². The van der Waals surface area contributed by atoms with Gasteiger partial charge in [-0.3, -0.25) is 0 Å². The van der Waals surface area contributed by atoms with Gasteiger partial charge in [0.2, 0.25) is 0 Å². The highest BCUT2D eigenvalue weighted by Crippen LogP contribution is 2.26. The average molecular weight is 671 g/mol. The van der Waals surface area contributed by atoms with E-state index in [2.05, 4.69) is 36.6 Å². The van der Waals surface area contributed by atoms with Crippen LogP contribution in [-0.2, 0) is 22.8 Å². The lowest BCUT2D eigenvalue weighted by molar-refractivity contribution is 0.0694. The Hall–Kier alpha value is -1.88. The molecule has 46 heavy (non-hydrogen) atoms. The number of ether oxygens (including phenoxy) is 2. The summed E-state index contributed by atoms with van der Waals surface area (Å²) in [7, 11) is -2.73. The zero-order valence-corrected chi connectivity index (χ0v) is 31.2. The van der Waals surface area contributed by atoms with E-state index in [9.17, 15) is 9.59 Å². The Morgan fingerprint density at radius 3 is 1.52 bits per heavy atom. The second-order valence-electron chi connectivity index (χ2n) is 11.7. The molecule has 0 radical (unpaired) electrons. The van der Waals surface area contributed by atoms with Crippen LogP contribution in [0.2, 0.25) is 6.04 Å². The fourth-order valence-electron chi connectivity index (χ4n) is 5.18.